The molecule has 2 N–H and O–H groups in total. The molecule has 0 bridgehead atoms. The average Bonchev–Trinajstić information content (AvgIpc) is 3.48. The number of Topliss-reactive ketones (excluding diaryl/α,β-unsaturated/α-hetero) is 1. The minimum Gasteiger partial charge on any atom is -0.337 e. The molecule has 10 heteroatoms. The Morgan fingerprint density at radius 2 is 2.10 bits per heavy atom. The summed E-state index contributed by atoms with van der Waals surface area (Å²) in [7, 11) is -5.10. The largest absolute Gasteiger partial charge is 0.337 e. The van der Waals surface area contributed by atoms with Crippen LogP contribution in [0.4, 0.5) is 11.6 Å². The number of hydrogen-bond donors (Lipinski definition) is 2. The molecule has 30 heavy (non-hydrogen) atoms. The van der Waals surface area contributed by atoms with Crippen molar-refractivity contribution in [3.05, 3.63) is 56.4 Å². The summed E-state index contributed by atoms with van der Waals surface area (Å²) in [5.74, 6) is -2.94. The second-order valence-corrected chi connectivity index (χ2v) is 8.69. The van der Waals surface area contributed by atoms with Crippen LogP contribution in [0.5, 0.6) is 0 Å². The number of aromatic nitrogens is 1. The summed E-state index contributed by atoms with van der Waals surface area (Å²) in [5.41, 5.74) is -1.91. The smallest absolute Gasteiger partial charge is 0.267 e. The number of anilines is 2. The van der Waals surface area contributed by atoms with E-state index in [1.807, 2.05) is 0 Å². The summed E-state index contributed by atoms with van der Waals surface area (Å²) in [6, 6.07) is 2.23. The first-order chi connectivity index (χ1) is 17.7. The first-order valence-corrected chi connectivity index (χ1v) is 10.6. The lowest BCUT2D eigenvalue weighted by atomic mass is 10.0. The Morgan fingerprint density at radius 3 is 2.77 bits per heavy atom. The van der Waals surface area contributed by atoms with E-state index in [2.05, 4.69) is 5.16 Å². The van der Waals surface area contributed by atoms with Crippen LogP contribution in [0.2, 0.25) is 2.82 Å². The predicted molar refractivity (Wildman–Crippen MR) is 115 cm³/mol. The zero-order valence-corrected chi connectivity index (χ0v) is 17.6. The van der Waals surface area contributed by atoms with Crippen molar-refractivity contribution >= 4 is 44.6 Å². The van der Waals surface area contributed by atoms with E-state index in [-0.39, 0.29) is 32.9 Å². The molecule has 8 nitrogen and oxygen atoms in total. The Hall–Kier alpha value is -2.98. The number of nitrogens with zero attached hydrogens (tertiary/aromatic N) is 1. The van der Waals surface area contributed by atoms with Gasteiger partial charge >= 0.3 is 0 Å². The van der Waals surface area contributed by atoms with E-state index in [9.17, 15) is 18.0 Å². The van der Waals surface area contributed by atoms with Crippen molar-refractivity contribution in [1.82, 2.24) is 5.16 Å². The lowest BCUT2D eigenvalue weighted by molar-refractivity contribution is 0.101. The van der Waals surface area contributed by atoms with Crippen LogP contribution < -0.4 is 10.0 Å². The summed E-state index contributed by atoms with van der Waals surface area (Å²) in [6.45, 7) is -2.15. The fraction of sp³-hybridized carbons (Fsp3) is 0.250. The van der Waals surface area contributed by atoms with Crippen molar-refractivity contribution in [1.29, 1.82) is 0 Å². The third kappa shape index (κ3) is 4.14. The molecule has 0 spiro atoms. The van der Waals surface area contributed by atoms with Gasteiger partial charge in [0.1, 0.15) is 9.77 Å². The summed E-state index contributed by atoms with van der Waals surface area (Å²) >= 11 is 0.587. The molecule has 0 fully saturated rings. The first kappa shape index (κ1) is 12.7. The molecule has 0 saturated heterocycles. The Labute approximate surface area is 191 Å². The van der Waals surface area contributed by atoms with Crippen molar-refractivity contribution in [2.24, 2.45) is 0 Å². The monoisotopic (exact) mass is 456 g/mol. The van der Waals surface area contributed by atoms with Gasteiger partial charge in [-0.25, -0.2) is 13.1 Å². The van der Waals surface area contributed by atoms with Gasteiger partial charge in [-0.1, -0.05) is 11.2 Å². The number of amides is 1. The second-order valence-electron chi connectivity index (χ2n) is 6.20. The molecule has 0 saturated carbocycles. The first-order valence-electron chi connectivity index (χ1n) is 12.7. The van der Waals surface area contributed by atoms with E-state index in [1.54, 1.807) is 6.92 Å². The summed E-state index contributed by atoms with van der Waals surface area (Å²) in [4.78, 5) is 24.2. The van der Waals surface area contributed by atoms with Crippen molar-refractivity contribution in [2.45, 2.75) is 39.4 Å². The molecule has 0 radical (unpaired) electrons. The quantitative estimate of drug-likeness (QED) is 0.536. The molecule has 2 heterocycles. The maximum Gasteiger partial charge on any atom is 0.267 e. The minimum absolute atomic E-state index is 0.0380. The van der Waals surface area contributed by atoms with E-state index in [1.165, 1.54) is 25.3 Å². The van der Waals surface area contributed by atoms with Gasteiger partial charge in [-0.2, -0.15) is 0 Å². The zero-order chi connectivity index (χ0) is 29.8. The molecule has 3 aromatic rings. The fourth-order valence-corrected chi connectivity index (χ4v) is 4.82. The van der Waals surface area contributed by atoms with E-state index in [0.29, 0.717) is 16.9 Å². The van der Waals surface area contributed by atoms with Gasteiger partial charge in [-0.3, -0.25) is 9.59 Å². The summed E-state index contributed by atoms with van der Waals surface area (Å²) < 4.78 is 101. The number of aryl methyl sites for hydroxylation is 2. The van der Waals surface area contributed by atoms with Crippen molar-refractivity contribution < 1.29 is 34.9 Å². The van der Waals surface area contributed by atoms with Gasteiger partial charge < -0.3 is 9.83 Å². The average molecular weight is 457 g/mol. The van der Waals surface area contributed by atoms with E-state index in [4.69, 9.17) is 16.9 Å². The molecule has 2 aromatic heterocycles. The third-order valence-electron chi connectivity index (χ3n) is 3.93. The van der Waals surface area contributed by atoms with Gasteiger partial charge in [0.15, 0.2) is 8.61 Å². The van der Waals surface area contributed by atoms with Crippen LogP contribution in [0.15, 0.2) is 33.0 Å². The van der Waals surface area contributed by atoms with Gasteiger partial charge in [-0.05, 0) is 63.1 Å². The summed E-state index contributed by atoms with van der Waals surface area (Å²) in [5, 5.41) is 4.62. The summed E-state index contributed by atoms with van der Waals surface area (Å²) in [6.07, 6.45) is 0. The molecule has 0 unspecified atom stereocenters. The van der Waals surface area contributed by atoms with Crippen molar-refractivity contribution in [2.75, 3.05) is 10.0 Å². The van der Waals surface area contributed by atoms with Crippen LogP contribution in [0.3, 0.4) is 0 Å². The standard InChI is InChI=1S/C20H21N3O5S2/c1-10-8-11(2)17(15(9-10)14(5)24)21-19(25)18-16(6-7-29-18)30(26,27)23-20-12(3)13(4)22-28-20/h6-9,23H,1-5H3,(H,21,25)/i3D3,4D3,8D/hD2. The number of carbonyl (C=O) groups is 2. The van der Waals surface area contributed by atoms with E-state index < -0.39 is 62.3 Å². The number of hydrogen-bond acceptors (Lipinski definition) is 7. The Bertz CT molecular complexity index is 1580. The second kappa shape index (κ2) is 8.04. The molecule has 0 atom stereocenters. The maximum atomic E-state index is 13.4. The topological polar surface area (TPSA) is 118 Å². The van der Waals surface area contributed by atoms with E-state index in [0.717, 1.165) is 6.07 Å². The Kier molecular flexibility index (Phi) is 3.39. The highest BCUT2D eigenvalue weighted by atomic mass is 32.2. The van der Waals surface area contributed by atoms with Gasteiger partial charge in [-0.15, -0.1) is 11.3 Å². The van der Waals surface area contributed by atoms with Crippen LogP contribution in [0.1, 0.15) is 58.9 Å². The molecule has 0 aliphatic rings. The zero-order valence-electron chi connectivity index (χ0n) is 24.9. The SMILES string of the molecule is [2H]c1c(C)cc(C(C)=O)c(N([2H])C(=O)c2sccc2S(=O)(=O)N([2H])c2onc(C([2H])([2H])[2H])c2C([2H])([2H])[2H])c1C. The molecule has 1 amide bonds. The Balaban J connectivity index is 2.14. The molecule has 0 aliphatic heterocycles. The van der Waals surface area contributed by atoms with Gasteiger partial charge in [0, 0.05) is 19.4 Å². The Morgan fingerprint density at radius 1 is 1.33 bits per heavy atom. The highest BCUT2D eigenvalue weighted by Gasteiger charge is 2.27. The normalized spacial score (nSPS) is 16.6. The van der Waals surface area contributed by atoms with Gasteiger partial charge in [0.2, 0.25) is 5.88 Å². The van der Waals surface area contributed by atoms with Crippen molar-refractivity contribution in [3.63, 3.8) is 0 Å². The fourth-order valence-electron chi connectivity index (χ4n) is 2.60. The van der Waals surface area contributed by atoms with Crippen LogP contribution in [0, 0.1) is 27.6 Å². The van der Waals surface area contributed by atoms with Crippen LogP contribution in [0.25, 0.3) is 0 Å². The molecule has 1 aromatic carbocycles. The number of ketones is 1. The third-order valence-corrected chi connectivity index (χ3v) is 6.26. The number of rotatable bonds is 6. The molecular formula is C20H21N3O5S2. The lowest BCUT2D eigenvalue weighted by Gasteiger charge is -2.14. The minimum atomic E-state index is -5.10. The highest BCUT2D eigenvalue weighted by molar-refractivity contribution is 7.93. The van der Waals surface area contributed by atoms with E-state index >= 15 is 0 Å². The van der Waals surface area contributed by atoms with Crippen LogP contribution in [-0.4, -0.2) is 25.3 Å². The van der Waals surface area contributed by atoms with Crippen molar-refractivity contribution in [3.8, 4) is 0 Å². The number of thiophene rings is 1. The maximum absolute atomic E-state index is 13.4. The molecule has 3 rings (SSSR count). The lowest BCUT2D eigenvalue weighted by Crippen LogP contribution is -2.20. The highest BCUT2D eigenvalue weighted by Crippen LogP contribution is 2.29. The van der Waals surface area contributed by atoms with Gasteiger partial charge in [0.05, 0.1) is 12.8 Å². The number of carbonyl (C=O) groups excluding carboxylic acids is 2. The number of benzene rings is 1. The predicted octanol–water partition coefficient (Wildman–Crippen LogP) is 4.23. The number of nitrogens with one attached hydrogen (secondary N) is 2. The van der Waals surface area contributed by atoms with Crippen LogP contribution >= 0.6 is 11.3 Å². The molecule has 158 valence electrons. The van der Waals surface area contributed by atoms with Crippen LogP contribution in [-0.2, 0) is 10.0 Å². The molecular weight excluding hydrogens is 426 g/mol. The van der Waals surface area contributed by atoms with Gasteiger partial charge in [0.25, 0.3) is 15.9 Å². The molecule has 0 aliphatic carbocycles. The number of sulfonamides is 1.